The molecule has 0 bridgehead atoms. The van der Waals surface area contributed by atoms with Gasteiger partial charge in [0.25, 0.3) is 5.91 Å². The Morgan fingerprint density at radius 2 is 1.63 bits per heavy atom. The summed E-state index contributed by atoms with van der Waals surface area (Å²) >= 11 is 0. The third-order valence-electron chi connectivity index (χ3n) is 3.96. The second-order valence-corrected chi connectivity index (χ2v) is 5.99. The number of hydrogen-bond acceptors (Lipinski definition) is 5. The molecule has 0 unspecified atom stereocenters. The number of nitrogens with one attached hydrogen (secondary N) is 1. The van der Waals surface area contributed by atoms with E-state index < -0.39 is 18.0 Å². The van der Waals surface area contributed by atoms with E-state index >= 15 is 0 Å². The number of Topliss-reactive ketones (excluding diaryl/α,β-unsaturated/α-hetero) is 1. The predicted octanol–water partition coefficient (Wildman–Crippen LogP) is 2.91. The van der Waals surface area contributed by atoms with Crippen LogP contribution in [0.5, 0.6) is 5.75 Å². The van der Waals surface area contributed by atoms with Crippen molar-refractivity contribution in [1.29, 1.82) is 0 Å². The first-order valence-electron chi connectivity index (χ1n) is 8.68. The van der Waals surface area contributed by atoms with Crippen LogP contribution in [0.1, 0.15) is 35.7 Å². The normalized spacial score (nSPS) is 11.3. The second-order valence-electron chi connectivity index (χ2n) is 5.99. The lowest BCUT2D eigenvalue weighted by molar-refractivity contribution is -0.154. The smallest absolute Gasteiger partial charge is 0.307 e. The van der Waals surface area contributed by atoms with Crippen molar-refractivity contribution in [3.8, 4) is 5.75 Å². The lowest BCUT2D eigenvalue weighted by Gasteiger charge is -2.13. The monoisotopic (exact) mass is 369 g/mol. The molecule has 0 radical (unpaired) electrons. The van der Waals surface area contributed by atoms with E-state index in [1.54, 1.807) is 43.5 Å². The number of rotatable bonds is 9. The van der Waals surface area contributed by atoms with Crippen LogP contribution in [-0.4, -0.2) is 30.9 Å². The van der Waals surface area contributed by atoms with Crippen LogP contribution >= 0.6 is 0 Å². The molecular formula is C21H23NO5. The molecule has 0 spiro atoms. The zero-order chi connectivity index (χ0) is 19.6. The predicted molar refractivity (Wildman–Crippen MR) is 100 cm³/mol. The number of esters is 1. The van der Waals surface area contributed by atoms with Gasteiger partial charge in [-0.25, -0.2) is 0 Å². The van der Waals surface area contributed by atoms with Crippen molar-refractivity contribution >= 4 is 17.7 Å². The summed E-state index contributed by atoms with van der Waals surface area (Å²) in [6, 6.07) is 16.0. The fraction of sp³-hybridized carbons (Fsp3) is 0.286. The minimum Gasteiger partial charge on any atom is -0.497 e. The van der Waals surface area contributed by atoms with Crippen molar-refractivity contribution in [2.45, 2.75) is 32.4 Å². The van der Waals surface area contributed by atoms with Gasteiger partial charge in [0.1, 0.15) is 5.75 Å². The van der Waals surface area contributed by atoms with Gasteiger partial charge in [0.2, 0.25) is 0 Å². The molecule has 2 rings (SSSR count). The number of benzene rings is 2. The number of ether oxygens (including phenoxy) is 2. The average Bonchev–Trinajstić information content (AvgIpc) is 2.71. The highest BCUT2D eigenvalue weighted by molar-refractivity contribution is 5.97. The van der Waals surface area contributed by atoms with Gasteiger partial charge < -0.3 is 14.8 Å². The van der Waals surface area contributed by atoms with E-state index in [2.05, 4.69) is 5.32 Å². The Labute approximate surface area is 158 Å². The highest BCUT2D eigenvalue weighted by atomic mass is 16.5. The summed E-state index contributed by atoms with van der Waals surface area (Å²) in [7, 11) is 1.58. The van der Waals surface area contributed by atoms with Gasteiger partial charge in [0.15, 0.2) is 11.9 Å². The summed E-state index contributed by atoms with van der Waals surface area (Å²) in [5.74, 6) is -0.374. The van der Waals surface area contributed by atoms with Gasteiger partial charge in [-0.1, -0.05) is 42.5 Å². The molecule has 6 nitrogen and oxygen atoms in total. The van der Waals surface area contributed by atoms with Crippen LogP contribution in [0.15, 0.2) is 54.6 Å². The van der Waals surface area contributed by atoms with E-state index in [1.807, 2.05) is 18.2 Å². The minimum atomic E-state index is -0.928. The Morgan fingerprint density at radius 3 is 2.26 bits per heavy atom. The molecule has 6 heteroatoms. The van der Waals surface area contributed by atoms with Crippen molar-refractivity contribution in [2.75, 3.05) is 7.11 Å². The molecule has 2 aromatic carbocycles. The third-order valence-corrected chi connectivity index (χ3v) is 3.96. The highest BCUT2D eigenvalue weighted by Crippen LogP contribution is 2.11. The maximum atomic E-state index is 12.1. The molecule has 0 saturated heterocycles. The molecule has 2 aromatic rings. The molecule has 0 aliphatic rings. The standard InChI is InChI=1S/C21H23NO5/c1-15(21(25)22-14-16-8-10-18(26-2)11-9-16)27-20(24)13-12-19(23)17-6-4-3-5-7-17/h3-11,15H,12-14H2,1-2H3,(H,22,25)/t15-/m0/s1. The van der Waals surface area contributed by atoms with Crippen molar-refractivity contribution in [1.82, 2.24) is 5.32 Å². The summed E-state index contributed by atoms with van der Waals surface area (Å²) < 4.78 is 10.2. The molecule has 1 amide bonds. The minimum absolute atomic E-state index is 0.0447. The van der Waals surface area contributed by atoms with E-state index in [1.165, 1.54) is 6.92 Å². The number of carbonyl (C=O) groups is 3. The van der Waals surface area contributed by atoms with Crippen LogP contribution in [0.25, 0.3) is 0 Å². The summed E-state index contributed by atoms with van der Waals surface area (Å²) in [6.07, 6.45) is -0.949. The molecule has 1 N–H and O–H groups in total. The zero-order valence-electron chi connectivity index (χ0n) is 15.4. The summed E-state index contributed by atoms with van der Waals surface area (Å²) in [5.41, 5.74) is 1.45. The lowest BCUT2D eigenvalue weighted by atomic mass is 10.1. The molecule has 0 saturated carbocycles. The van der Waals surface area contributed by atoms with E-state index in [-0.39, 0.29) is 18.6 Å². The van der Waals surface area contributed by atoms with Gasteiger partial charge in [-0.05, 0) is 24.6 Å². The number of methoxy groups -OCH3 is 1. The Balaban J connectivity index is 1.72. The van der Waals surface area contributed by atoms with Gasteiger partial charge in [-0.2, -0.15) is 0 Å². The first kappa shape index (κ1) is 20.2. The van der Waals surface area contributed by atoms with E-state index in [0.29, 0.717) is 12.1 Å². The molecule has 0 aromatic heterocycles. The van der Waals surface area contributed by atoms with Crippen LogP contribution < -0.4 is 10.1 Å². The molecule has 142 valence electrons. The lowest BCUT2D eigenvalue weighted by Crippen LogP contribution is -2.35. The number of hydrogen-bond donors (Lipinski definition) is 1. The fourth-order valence-corrected chi connectivity index (χ4v) is 2.37. The third kappa shape index (κ3) is 6.58. The molecule has 0 fully saturated rings. The first-order valence-corrected chi connectivity index (χ1v) is 8.68. The van der Waals surface area contributed by atoms with Gasteiger partial charge in [0.05, 0.1) is 13.5 Å². The number of amides is 1. The second kappa shape index (κ2) is 10.1. The Kier molecular flexibility index (Phi) is 7.55. The fourth-order valence-electron chi connectivity index (χ4n) is 2.37. The van der Waals surface area contributed by atoms with E-state index in [9.17, 15) is 14.4 Å². The maximum absolute atomic E-state index is 12.1. The molecule has 0 aliphatic carbocycles. The van der Waals surface area contributed by atoms with Gasteiger partial charge >= 0.3 is 5.97 Å². The summed E-state index contributed by atoms with van der Waals surface area (Å²) in [4.78, 5) is 35.9. The van der Waals surface area contributed by atoms with Crippen LogP contribution in [0, 0.1) is 0 Å². The maximum Gasteiger partial charge on any atom is 0.307 e. The highest BCUT2D eigenvalue weighted by Gasteiger charge is 2.18. The molecule has 27 heavy (non-hydrogen) atoms. The quantitative estimate of drug-likeness (QED) is 0.543. The molecular weight excluding hydrogens is 346 g/mol. The average molecular weight is 369 g/mol. The first-order chi connectivity index (χ1) is 13.0. The van der Waals surface area contributed by atoms with Crippen LogP contribution in [0.3, 0.4) is 0 Å². The Morgan fingerprint density at radius 1 is 0.963 bits per heavy atom. The van der Waals surface area contributed by atoms with E-state index in [4.69, 9.17) is 9.47 Å². The van der Waals surface area contributed by atoms with Crippen molar-refractivity contribution in [3.63, 3.8) is 0 Å². The van der Waals surface area contributed by atoms with Crippen LogP contribution in [0.4, 0.5) is 0 Å². The number of ketones is 1. The number of carbonyl (C=O) groups excluding carboxylic acids is 3. The van der Waals surface area contributed by atoms with Crippen LogP contribution in [0.2, 0.25) is 0 Å². The Bertz CT molecular complexity index is 771. The Hall–Kier alpha value is -3.15. The van der Waals surface area contributed by atoms with Gasteiger partial charge in [0, 0.05) is 18.5 Å². The summed E-state index contributed by atoms with van der Waals surface area (Å²) in [5, 5.41) is 2.71. The summed E-state index contributed by atoms with van der Waals surface area (Å²) in [6.45, 7) is 1.82. The SMILES string of the molecule is COc1ccc(CNC(=O)[C@H](C)OC(=O)CCC(=O)c2ccccc2)cc1. The topological polar surface area (TPSA) is 81.7 Å². The van der Waals surface area contributed by atoms with Crippen molar-refractivity contribution < 1.29 is 23.9 Å². The zero-order valence-corrected chi connectivity index (χ0v) is 15.4. The van der Waals surface area contributed by atoms with E-state index in [0.717, 1.165) is 11.3 Å². The van der Waals surface area contributed by atoms with Gasteiger partial charge in [-0.3, -0.25) is 14.4 Å². The van der Waals surface area contributed by atoms with Crippen LogP contribution in [-0.2, 0) is 20.9 Å². The van der Waals surface area contributed by atoms with Crippen molar-refractivity contribution in [2.24, 2.45) is 0 Å². The molecule has 1 atom stereocenters. The molecule has 0 aliphatic heterocycles. The molecule has 0 heterocycles. The largest absolute Gasteiger partial charge is 0.497 e. The van der Waals surface area contributed by atoms with Crippen molar-refractivity contribution in [3.05, 3.63) is 65.7 Å². The van der Waals surface area contributed by atoms with Gasteiger partial charge in [-0.15, -0.1) is 0 Å².